The average molecular weight is 465 g/mol. The highest BCUT2D eigenvalue weighted by Crippen LogP contribution is 2.27. The second-order valence-electron chi connectivity index (χ2n) is 6.48. The van der Waals surface area contributed by atoms with Crippen LogP contribution in [0.25, 0.3) is 0 Å². The van der Waals surface area contributed by atoms with E-state index < -0.39 is 0 Å². The molecule has 0 aliphatic rings. The van der Waals surface area contributed by atoms with Crippen LogP contribution in [0, 0.1) is 6.92 Å². The summed E-state index contributed by atoms with van der Waals surface area (Å²) >= 11 is 8.62. The van der Waals surface area contributed by atoms with Gasteiger partial charge in [-0.3, -0.25) is 10.1 Å². The number of phenols is 1. The number of hydrogen-bond acceptors (Lipinski definition) is 4. The number of unbranched alkanes of at least 4 members (excludes halogenated alkanes) is 3. The molecule has 0 aliphatic carbocycles. The summed E-state index contributed by atoms with van der Waals surface area (Å²) in [6.07, 6.45) is 4.55. The lowest BCUT2D eigenvalue weighted by Crippen LogP contribution is -2.34. The number of phenolic OH excluding ortho intramolecular Hbond substituents is 1. The van der Waals surface area contributed by atoms with Gasteiger partial charge in [0.1, 0.15) is 11.5 Å². The van der Waals surface area contributed by atoms with Crippen molar-refractivity contribution < 1.29 is 14.6 Å². The van der Waals surface area contributed by atoms with E-state index in [0.29, 0.717) is 28.1 Å². The molecule has 2 aromatic rings. The number of carbonyl (C=O) groups excluding carboxylic acids is 1. The van der Waals surface area contributed by atoms with Crippen molar-refractivity contribution in [3.63, 3.8) is 0 Å². The largest absolute Gasteiger partial charge is 0.506 e. The Kier molecular flexibility index (Phi) is 8.73. The summed E-state index contributed by atoms with van der Waals surface area (Å²) in [7, 11) is 0. The third-order valence-electron chi connectivity index (χ3n) is 4.08. The molecule has 0 unspecified atom stereocenters. The van der Waals surface area contributed by atoms with Gasteiger partial charge in [-0.15, -0.1) is 0 Å². The zero-order valence-corrected chi connectivity index (χ0v) is 18.5. The van der Waals surface area contributed by atoms with Crippen LogP contribution in [0.2, 0.25) is 0 Å². The molecular weight excluding hydrogens is 440 g/mol. The number of nitrogens with one attached hydrogen (secondary N) is 2. The first-order valence-electron chi connectivity index (χ1n) is 9.25. The maximum absolute atomic E-state index is 12.4. The molecular formula is C21H25BrN2O3S. The third-order valence-corrected chi connectivity index (χ3v) is 4.90. The van der Waals surface area contributed by atoms with Crippen molar-refractivity contribution in [2.75, 3.05) is 11.9 Å². The van der Waals surface area contributed by atoms with Gasteiger partial charge in [0.25, 0.3) is 5.91 Å². The second kappa shape index (κ2) is 11.0. The van der Waals surface area contributed by atoms with Crippen molar-refractivity contribution in [1.29, 1.82) is 0 Å². The Hall–Kier alpha value is -2.12. The molecule has 5 nitrogen and oxygen atoms in total. The van der Waals surface area contributed by atoms with Gasteiger partial charge in [0.15, 0.2) is 5.11 Å². The van der Waals surface area contributed by atoms with E-state index >= 15 is 0 Å². The Morgan fingerprint density at radius 3 is 2.68 bits per heavy atom. The van der Waals surface area contributed by atoms with E-state index in [0.717, 1.165) is 18.4 Å². The number of amides is 1. The molecule has 0 fully saturated rings. The van der Waals surface area contributed by atoms with Crippen LogP contribution in [-0.4, -0.2) is 22.7 Å². The van der Waals surface area contributed by atoms with Gasteiger partial charge in [0, 0.05) is 5.56 Å². The lowest BCUT2D eigenvalue weighted by atomic mass is 10.2. The molecule has 0 bridgehead atoms. The summed E-state index contributed by atoms with van der Waals surface area (Å²) in [5.74, 6) is 0.420. The highest BCUT2D eigenvalue weighted by Gasteiger charge is 2.12. The standard InChI is InChI=1S/C21H25BrN2O3S/c1-3-4-5-6-11-27-19-10-8-15(13-16(19)22)20(26)24-21(28)23-17-12-14(2)7-9-18(17)25/h7-10,12-13,25H,3-6,11H2,1-2H3,(H2,23,24,26,28). The van der Waals surface area contributed by atoms with Crippen molar-refractivity contribution in [2.45, 2.75) is 39.5 Å². The van der Waals surface area contributed by atoms with E-state index in [1.807, 2.05) is 6.92 Å². The number of thiocarbonyl (C=S) groups is 1. The Morgan fingerprint density at radius 2 is 1.96 bits per heavy atom. The number of aryl methyl sites for hydroxylation is 1. The van der Waals surface area contributed by atoms with Gasteiger partial charge in [0.05, 0.1) is 16.8 Å². The highest BCUT2D eigenvalue weighted by molar-refractivity contribution is 9.10. The Balaban J connectivity index is 1.92. The topological polar surface area (TPSA) is 70.6 Å². The number of halogens is 1. The molecule has 28 heavy (non-hydrogen) atoms. The van der Waals surface area contributed by atoms with Crippen LogP contribution in [0.15, 0.2) is 40.9 Å². The van der Waals surface area contributed by atoms with Crippen LogP contribution >= 0.6 is 28.1 Å². The first-order valence-corrected chi connectivity index (χ1v) is 10.4. The molecule has 0 heterocycles. The summed E-state index contributed by atoms with van der Waals surface area (Å²) in [4.78, 5) is 12.4. The summed E-state index contributed by atoms with van der Waals surface area (Å²) in [5.41, 5.74) is 1.85. The Bertz CT molecular complexity index is 842. The van der Waals surface area contributed by atoms with Crippen LogP contribution in [0.3, 0.4) is 0 Å². The molecule has 0 radical (unpaired) electrons. The quantitative estimate of drug-likeness (QED) is 0.271. The van der Waals surface area contributed by atoms with Crippen molar-refractivity contribution in [1.82, 2.24) is 5.32 Å². The lowest BCUT2D eigenvalue weighted by Gasteiger charge is -2.12. The third kappa shape index (κ3) is 6.80. The second-order valence-corrected chi connectivity index (χ2v) is 7.75. The number of carbonyl (C=O) groups is 1. The number of anilines is 1. The van der Waals surface area contributed by atoms with Gasteiger partial charge in [-0.2, -0.15) is 0 Å². The molecule has 2 aromatic carbocycles. The van der Waals surface area contributed by atoms with Crippen LogP contribution in [0.1, 0.15) is 48.5 Å². The van der Waals surface area contributed by atoms with Crippen molar-refractivity contribution >= 4 is 44.9 Å². The monoisotopic (exact) mass is 464 g/mol. The molecule has 2 rings (SSSR count). The SMILES string of the molecule is CCCCCCOc1ccc(C(=O)NC(=S)Nc2cc(C)ccc2O)cc1Br. The number of benzene rings is 2. The van der Waals surface area contributed by atoms with Crippen LogP contribution in [-0.2, 0) is 0 Å². The molecule has 0 spiro atoms. The maximum Gasteiger partial charge on any atom is 0.257 e. The summed E-state index contributed by atoms with van der Waals surface area (Å²) in [6.45, 7) is 4.72. The fourth-order valence-corrected chi connectivity index (χ4v) is 3.24. The number of rotatable bonds is 8. The smallest absolute Gasteiger partial charge is 0.257 e. The summed E-state index contributed by atoms with van der Waals surface area (Å²) in [6, 6.07) is 10.3. The van der Waals surface area contributed by atoms with Gasteiger partial charge in [-0.05, 0) is 77.4 Å². The van der Waals surface area contributed by atoms with Crippen molar-refractivity contribution in [3.05, 3.63) is 52.0 Å². The normalized spacial score (nSPS) is 10.4. The fraction of sp³-hybridized carbons (Fsp3) is 0.333. The van der Waals surface area contributed by atoms with Gasteiger partial charge in [0.2, 0.25) is 0 Å². The Labute approximate surface area is 179 Å². The fourth-order valence-electron chi connectivity index (χ4n) is 2.55. The molecule has 0 atom stereocenters. The van der Waals surface area contributed by atoms with Gasteiger partial charge in [-0.25, -0.2) is 0 Å². The van der Waals surface area contributed by atoms with E-state index in [1.165, 1.54) is 12.8 Å². The lowest BCUT2D eigenvalue weighted by molar-refractivity contribution is 0.0977. The zero-order valence-electron chi connectivity index (χ0n) is 16.0. The minimum Gasteiger partial charge on any atom is -0.506 e. The van der Waals surface area contributed by atoms with E-state index in [-0.39, 0.29) is 16.8 Å². The van der Waals surface area contributed by atoms with Gasteiger partial charge >= 0.3 is 0 Å². The summed E-state index contributed by atoms with van der Waals surface area (Å²) in [5, 5.41) is 15.4. The molecule has 1 amide bonds. The van der Waals surface area contributed by atoms with E-state index in [4.69, 9.17) is 17.0 Å². The zero-order chi connectivity index (χ0) is 20.5. The minimum atomic E-state index is -0.347. The van der Waals surface area contributed by atoms with Crippen LogP contribution in [0.5, 0.6) is 11.5 Å². The first-order chi connectivity index (χ1) is 13.4. The number of aromatic hydroxyl groups is 1. The van der Waals surface area contributed by atoms with Crippen molar-refractivity contribution in [2.24, 2.45) is 0 Å². The molecule has 0 aliphatic heterocycles. The number of ether oxygens (including phenoxy) is 1. The van der Waals surface area contributed by atoms with Crippen molar-refractivity contribution in [3.8, 4) is 11.5 Å². The molecule has 3 N–H and O–H groups in total. The summed E-state index contributed by atoms with van der Waals surface area (Å²) < 4.78 is 6.47. The predicted molar refractivity (Wildman–Crippen MR) is 120 cm³/mol. The molecule has 0 saturated carbocycles. The number of hydrogen-bond donors (Lipinski definition) is 3. The predicted octanol–water partition coefficient (Wildman–Crippen LogP) is 5.55. The highest BCUT2D eigenvalue weighted by atomic mass is 79.9. The van der Waals surface area contributed by atoms with Gasteiger partial charge < -0.3 is 15.2 Å². The van der Waals surface area contributed by atoms with Crippen LogP contribution < -0.4 is 15.4 Å². The van der Waals surface area contributed by atoms with Crippen LogP contribution in [0.4, 0.5) is 5.69 Å². The Morgan fingerprint density at radius 1 is 1.18 bits per heavy atom. The molecule has 7 heteroatoms. The molecule has 0 saturated heterocycles. The minimum absolute atomic E-state index is 0.0605. The van der Waals surface area contributed by atoms with E-state index in [1.54, 1.807) is 36.4 Å². The first kappa shape index (κ1) is 22.2. The molecule has 0 aromatic heterocycles. The van der Waals surface area contributed by atoms with Gasteiger partial charge in [-0.1, -0.05) is 32.3 Å². The average Bonchev–Trinajstić information content (AvgIpc) is 2.65. The van der Waals surface area contributed by atoms with E-state index in [9.17, 15) is 9.90 Å². The maximum atomic E-state index is 12.4. The van der Waals surface area contributed by atoms with E-state index in [2.05, 4.69) is 33.5 Å². The molecule has 150 valence electrons.